The minimum atomic E-state index is 0.302. The van der Waals surface area contributed by atoms with Crippen molar-refractivity contribution in [2.24, 2.45) is 0 Å². The smallest absolute Gasteiger partial charge is 0.264 e. The Balaban J connectivity index is 2.00. The van der Waals surface area contributed by atoms with E-state index in [1.54, 1.807) is 0 Å². The Kier molecular flexibility index (Phi) is 5.33. The lowest BCUT2D eigenvalue weighted by Crippen LogP contribution is -2.17. The Morgan fingerprint density at radius 1 is 1.33 bits per heavy atom. The number of hydrogen-bond acceptors (Lipinski definition) is 5. The standard InChI is InChI=1S/C16H23N3O2/c1-5-15-18-16(21-19-15)10-20-14-8-7-13(9-11(14)3)12(4)17-6-2/h7-9,12,17H,5-6,10H2,1-4H3. The lowest BCUT2D eigenvalue weighted by Gasteiger charge is -2.15. The first-order chi connectivity index (χ1) is 10.1. The van der Waals surface area contributed by atoms with Crippen molar-refractivity contribution < 1.29 is 9.26 Å². The van der Waals surface area contributed by atoms with Crippen LogP contribution in [-0.4, -0.2) is 16.7 Å². The third kappa shape index (κ3) is 4.04. The molecule has 0 aliphatic rings. The van der Waals surface area contributed by atoms with Crippen molar-refractivity contribution in [3.63, 3.8) is 0 Å². The summed E-state index contributed by atoms with van der Waals surface area (Å²) < 4.78 is 10.9. The molecule has 0 fully saturated rings. The minimum Gasteiger partial charge on any atom is -0.483 e. The van der Waals surface area contributed by atoms with Crippen LogP contribution in [0.1, 0.15) is 49.7 Å². The van der Waals surface area contributed by atoms with Gasteiger partial charge >= 0.3 is 0 Å². The molecule has 1 aromatic carbocycles. The summed E-state index contributed by atoms with van der Waals surface area (Å²) in [6.07, 6.45) is 0.763. The summed E-state index contributed by atoms with van der Waals surface area (Å²) >= 11 is 0. The van der Waals surface area contributed by atoms with Crippen LogP contribution in [0.15, 0.2) is 22.7 Å². The molecular formula is C16H23N3O2. The van der Waals surface area contributed by atoms with Crippen molar-refractivity contribution >= 4 is 0 Å². The summed E-state index contributed by atoms with van der Waals surface area (Å²) in [6, 6.07) is 6.57. The fraction of sp³-hybridized carbons (Fsp3) is 0.500. The molecule has 1 unspecified atom stereocenters. The maximum atomic E-state index is 5.76. The van der Waals surface area contributed by atoms with Gasteiger partial charge in [-0.1, -0.05) is 31.1 Å². The zero-order valence-corrected chi connectivity index (χ0v) is 13.1. The zero-order chi connectivity index (χ0) is 15.2. The molecule has 2 rings (SSSR count). The van der Waals surface area contributed by atoms with Crippen LogP contribution in [0.2, 0.25) is 0 Å². The van der Waals surface area contributed by atoms with Crippen LogP contribution in [0.4, 0.5) is 0 Å². The van der Waals surface area contributed by atoms with E-state index in [1.807, 2.05) is 19.9 Å². The first kappa shape index (κ1) is 15.5. The summed E-state index contributed by atoms with van der Waals surface area (Å²) in [5.41, 5.74) is 2.36. The SMILES string of the molecule is CCNC(C)c1ccc(OCc2nc(CC)no2)c(C)c1. The Bertz CT molecular complexity index is 581. The van der Waals surface area contributed by atoms with Crippen molar-refractivity contribution in [3.05, 3.63) is 41.0 Å². The molecule has 1 aromatic heterocycles. The molecule has 1 atom stereocenters. The van der Waals surface area contributed by atoms with E-state index in [4.69, 9.17) is 9.26 Å². The molecular weight excluding hydrogens is 266 g/mol. The maximum Gasteiger partial charge on any atom is 0.264 e. The molecule has 0 radical (unpaired) electrons. The van der Waals surface area contributed by atoms with Gasteiger partial charge in [0.25, 0.3) is 5.89 Å². The second kappa shape index (κ2) is 7.22. The summed E-state index contributed by atoms with van der Waals surface area (Å²) in [5, 5.41) is 7.25. The predicted octanol–water partition coefficient (Wildman–Crippen LogP) is 3.19. The lowest BCUT2D eigenvalue weighted by molar-refractivity contribution is 0.241. The van der Waals surface area contributed by atoms with Crippen molar-refractivity contribution in [1.82, 2.24) is 15.5 Å². The van der Waals surface area contributed by atoms with Gasteiger partial charge in [0, 0.05) is 12.5 Å². The van der Waals surface area contributed by atoms with Gasteiger partial charge in [-0.25, -0.2) is 0 Å². The van der Waals surface area contributed by atoms with Crippen LogP contribution >= 0.6 is 0 Å². The Labute approximate surface area is 125 Å². The van der Waals surface area contributed by atoms with E-state index in [-0.39, 0.29) is 0 Å². The molecule has 2 aromatic rings. The first-order valence-corrected chi connectivity index (χ1v) is 7.42. The maximum absolute atomic E-state index is 5.76. The van der Waals surface area contributed by atoms with Crippen LogP contribution in [0.5, 0.6) is 5.75 Å². The molecule has 114 valence electrons. The average Bonchev–Trinajstić information content (AvgIpc) is 2.94. The fourth-order valence-electron chi connectivity index (χ4n) is 2.16. The van der Waals surface area contributed by atoms with Gasteiger partial charge in [-0.05, 0) is 37.6 Å². The van der Waals surface area contributed by atoms with Gasteiger partial charge in [-0.3, -0.25) is 0 Å². The van der Waals surface area contributed by atoms with Gasteiger partial charge in [0.15, 0.2) is 12.4 Å². The van der Waals surface area contributed by atoms with Crippen molar-refractivity contribution in [2.75, 3.05) is 6.54 Å². The van der Waals surface area contributed by atoms with Crippen molar-refractivity contribution in [3.8, 4) is 5.75 Å². The third-order valence-corrected chi connectivity index (χ3v) is 3.39. The number of benzene rings is 1. The Morgan fingerprint density at radius 3 is 2.76 bits per heavy atom. The molecule has 0 bridgehead atoms. The van der Waals surface area contributed by atoms with Crippen LogP contribution in [0.25, 0.3) is 0 Å². The van der Waals surface area contributed by atoms with E-state index >= 15 is 0 Å². The summed E-state index contributed by atoms with van der Waals surface area (Å²) in [7, 11) is 0. The van der Waals surface area contributed by atoms with E-state index in [1.165, 1.54) is 5.56 Å². The fourth-order valence-corrected chi connectivity index (χ4v) is 2.16. The van der Waals surface area contributed by atoms with Crippen LogP contribution in [0.3, 0.4) is 0 Å². The third-order valence-electron chi connectivity index (χ3n) is 3.39. The van der Waals surface area contributed by atoms with Gasteiger partial charge in [0.1, 0.15) is 5.75 Å². The van der Waals surface area contributed by atoms with E-state index in [9.17, 15) is 0 Å². The molecule has 0 saturated heterocycles. The quantitative estimate of drug-likeness (QED) is 0.848. The van der Waals surface area contributed by atoms with Crippen LogP contribution in [-0.2, 0) is 13.0 Å². The van der Waals surface area contributed by atoms with E-state index in [0.29, 0.717) is 24.4 Å². The van der Waals surface area contributed by atoms with Crippen LogP contribution < -0.4 is 10.1 Å². The molecule has 0 aliphatic heterocycles. The van der Waals surface area contributed by atoms with Gasteiger partial charge in [0.05, 0.1) is 0 Å². The number of ether oxygens (including phenoxy) is 1. The average molecular weight is 289 g/mol. The molecule has 21 heavy (non-hydrogen) atoms. The number of rotatable bonds is 7. The predicted molar refractivity (Wildman–Crippen MR) is 81.3 cm³/mol. The summed E-state index contributed by atoms with van der Waals surface area (Å²) in [6.45, 7) is 9.55. The highest BCUT2D eigenvalue weighted by Crippen LogP contribution is 2.23. The summed E-state index contributed by atoms with van der Waals surface area (Å²) in [5.74, 6) is 2.06. The van der Waals surface area contributed by atoms with E-state index < -0.39 is 0 Å². The highest BCUT2D eigenvalue weighted by atomic mass is 16.5. The highest BCUT2D eigenvalue weighted by molar-refractivity contribution is 5.37. The van der Waals surface area contributed by atoms with Gasteiger partial charge in [0.2, 0.25) is 0 Å². The molecule has 5 heteroatoms. The van der Waals surface area contributed by atoms with E-state index in [0.717, 1.165) is 24.3 Å². The van der Waals surface area contributed by atoms with Gasteiger partial charge in [-0.15, -0.1) is 0 Å². The first-order valence-electron chi connectivity index (χ1n) is 7.42. The topological polar surface area (TPSA) is 60.2 Å². The highest BCUT2D eigenvalue weighted by Gasteiger charge is 2.09. The number of aromatic nitrogens is 2. The molecule has 0 spiro atoms. The molecule has 1 N–H and O–H groups in total. The molecule has 5 nitrogen and oxygen atoms in total. The van der Waals surface area contributed by atoms with Crippen molar-refractivity contribution in [1.29, 1.82) is 0 Å². The summed E-state index contributed by atoms with van der Waals surface area (Å²) in [4.78, 5) is 4.23. The second-order valence-corrected chi connectivity index (χ2v) is 5.05. The number of hydrogen-bond donors (Lipinski definition) is 1. The Morgan fingerprint density at radius 2 is 2.14 bits per heavy atom. The molecule has 0 amide bonds. The van der Waals surface area contributed by atoms with E-state index in [2.05, 4.69) is 41.4 Å². The monoisotopic (exact) mass is 289 g/mol. The van der Waals surface area contributed by atoms with Crippen LogP contribution in [0, 0.1) is 6.92 Å². The number of aryl methyl sites for hydroxylation is 2. The minimum absolute atomic E-state index is 0.302. The Hall–Kier alpha value is -1.88. The molecule has 0 aliphatic carbocycles. The van der Waals surface area contributed by atoms with Gasteiger partial charge in [-0.2, -0.15) is 4.98 Å². The lowest BCUT2D eigenvalue weighted by atomic mass is 10.1. The number of nitrogens with zero attached hydrogens (tertiary/aromatic N) is 2. The van der Waals surface area contributed by atoms with Crippen molar-refractivity contribution in [2.45, 2.75) is 46.8 Å². The largest absolute Gasteiger partial charge is 0.483 e. The zero-order valence-electron chi connectivity index (χ0n) is 13.1. The molecule has 0 saturated carbocycles. The molecule has 1 heterocycles. The second-order valence-electron chi connectivity index (χ2n) is 5.05. The van der Waals surface area contributed by atoms with Gasteiger partial charge < -0.3 is 14.6 Å². The normalized spacial score (nSPS) is 12.4. The number of nitrogens with one attached hydrogen (secondary N) is 1.